The van der Waals surface area contributed by atoms with E-state index in [1.165, 1.54) is 12.3 Å². The second kappa shape index (κ2) is 11.3. The highest BCUT2D eigenvalue weighted by Crippen LogP contribution is 2.32. The summed E-state index contributed by atoms with van der Waals surface area (Å²) in [6, 6.07) is 2.57. The third-order valence-electron chi connectivity index (χ3n) is 7.60. The topological polar surface area (TPSA) is 58.1 Å². The normalized spacial score (nSPS) is 24.2. The van der Waals surface area contributed by atoms with Gasteiger partial charge in [-0.2, -0.15) is 13.2 Å². The molecular formula is C29H33F3N4O3. The fourth-order valence-corrected chi connectivity index (χ4v) is 5.41. The average molecular weight is 543 g/mol. The van der Waals surface area contributed by atoms with Gasteiger partial charge in [-0.1, -0.05) is 24.3 Å². The average Bonchev–Trinajstić information content (AvgIpc) is 2.95. The lowest BCUT2D eigenvalue weighted by Gasteiger charge is -2.45. The van der Waals surface area contributed by atoms with Crippen molar-refractivity contribution in [3.05, 3.63) is 83.5 Å². The van der Waals surface area contributed by atoms with Gasteiger partial charge in [0.1, 0.15) is 18.2 Å². The van der Waals surface area contributed by atoms with Gasteiger partial charge in [-0.3, -0.25) is 9.69 Å². The van der Waals surface area contributed by atoms with Gasteiger partial charge in [-0.25, -0.2) is 4.98 Å². The predicted molar refractivity (Wildman–Crippen MR) is 141 cm³/mol. The van der Waals surface area contributed by atoms with Crippen molar-refractivity contribution in [2.75, 3.05) is 37.6 Å². The van der Waals surface area contributed by atoms with E-state index in [1.54, 1.807) is 12.5 Å². The molecule has 208 valence electrons. The molecule has 0 radical (unpaired) electrons. The van der Waals surface area contributed by atoms with Crippen molar-refractivity contribution in [3.8, 4) is 0 Å². The van der Waals surface area contributed by atoms with E-state index in [4.69, 9.17) is 9.47 Å². The Morgan fingerprint density at radius 3 is 2.41 bits per heavy atom. The molecule has 7 nitrogen and oxygen atoms in total. The maximum Gasteiger partial charge on any atom is 0.433 e. The predicted octanol–water partition coefficient (Wildman–Crippen LogP) is 5.16. The van der Waals surface area contributed by atoms with Crippen LogP contribution in [0.4, 0.5) is 18.9 Å². The van der Waals surface area contributed by atoms with Crippen molar-refractivity contribution in [1.82, 2.24) is 14.8 Å². The van der Waals surface area contributed by atoms with Crippen LogP contribution in [0.3, 0.4) is 0 Å². The van der Waals surface area contributed by atoms with Crippen LogP contribution in [-0.4, -0.2) is 65.5 Å². The number of aromatic nitrogens is 1. The number of amides is 1. The molecule has 4 heterocycles. The fourth-order valence-electron chi connectivity index (χ4n) is 5.41. The van der Waals surface area contributed by atoms with E-state index in [0.717, 1.165) is 35.8 Å². The number of halogens is 3. The third kappa shape index (κ3) is 6.21. The quantitative estimate of drug-likeness (QED) is 0.512. The molecule has 1 aromatic heterocycles. The number of rotatable bonds is 5. The van der Waals surface area contributed by atoms with Gasteiger partial charge < -0.3 is 19.3 Å². The molecule has 5 rings (SSSR count). The van der Waals surface area contributed by atoms with Crippen LogP contribution in [0.1, 0.15) is 38.8 Å². The van der Waals surface area contributed by atoms with Gasteiger partial charge >= 0.3 is 6.18 Å². The molecule has 10 heteroatoms. The highest BCUT2D eigenvalue weighted by molar-refractivity contribution is 5.79. The lowest BCUT2D eigenvalue weighted by Crippen LogP contribution is -2.59. The van der Waals surface area contributed by atoms with Gasteiger partial charge in [-0.15, -0.1) is 0 Å². The summed E-state index contributed by atoms with van der Waals surface area (Å²) in [5.74, 6) is 1.47. The fraction of sp³-hybridized carbons (Fsp3) is 0.448. The van der Waals surface area contributed by atoms with E-state index in [-0.39, 0.29) is 18.0 Å². The number of carbonyl (C=O) groups excluding carboxylic acids is 1. The number of piperazine rings is 1. The number of alkyl halides is 3. The second-order valence-corrected chi connectivity index (χ2v) is 10.4. The number of allylic oxidation sites excluding steroid dienone is 5. The van der Waals surface area contributed by atoms with E-state index >= 15 is 0 Å². The molecule has 0 N–H and O–H groups in total. The van der Waals surface area contributed by atoms with E-state index in [9.17, 15) is 18.0 Å². The Bertz CT molecular complexity index is 1220. The van der Waals surface area contributed by atoms with E-state index < -0.39 is 11.9 Å². The van der Waals surface area contributed by atoms with Gasteiger partial charge in [0.05, 0.1) is 18.4 Å². The molecule has 1 fully saturated rings. The zero-order chi connectivity index (χ0) is 27.6. The first-order valence-corrected chi connectivity index (χ1v) is 13.3. The summed E-state index contributed by atoms with van der Waals surface area (Å²) in [6.07, 6.45) is 10.8. The van der Waals surface area contributed by atoms with Crippen LogP contribution in [0, 0.1) is 0 Å². The Labute approximate surface area is 226 Å². The van der Waals surface area contributed by atoms with Crippen LogP contribution in [-0.2, 0) is 20.4 Å². The maximum atomic E-state index is 13.2. The monoisotopic (exact) mass is 542 g/mol. The number of pyridine rings is 1. The van der Waals surface area contributed by atoms with Crippen LogP contribution < -0.4 is 4.90 Å². The Morgan fingerprint density at radius 1 is 1.08 bits per heavy atom. The summed E-state index contributed by atoms with van der Waals surface area (Å²) in [5.41, 5.74) is 1.88. The van der Waals surface area contributed by atoms with Crippen LogP contribution in [0.2, 0.25) is 0 Å². The first kappa shape index (κ1) is 27.1. The van der Waals surface area contributed by atoms with Crippen molar-refractivity contribution in [2.24, 2.45) is 0 Å². The van der Waals surface area contributed by atoms with E-state index in [2.05, 4.69) is 16.0 Å². The number of carbonyl (C=O) groups is 1. The molecule has 0 bridgehead atoms. The number of nitrogens with zero attached hydrogens (tertiary/aromatic N) is 4. The molecule has 1 aliphatic carbocycles. The Hall–Kier alpha value is -3.53. The Balaban J connectivity index is 1.14. The van der Waals surface area contributed by atoms with Crippen LogP contribution in [0.25, 0.3) is 0 Å². The molecule has 0 saturated carbocycles. The lowest BCUT2D eigenvalue weighted by molar-refractivity contribution is -0.141. The Kier molecular flexibility index (Phi) is 7.83. The maximum absolute atomic E-state index is 13.2. The summed E-state index contributed by atoms with van der Waals surface area (Å²) < 4.78 is 50.3. The summed E-state index contributed by atoms with van der Waals surface area (Å²) in [5, 5.41) is 0. The minimum atomic E-state index is -4.46. The summed E-state index contributed by atoms with van der Waals surface area (Å²) >= 11 is 0. The van der Waals surface area contributed by atoms with Crippen molar-refractivity contribution >= 4 is 11.6 Å². The molecule has 1 amide bonds. The van der Waals surface area contributed by atoms with Crippen molar-refractivity contribution in [1.29, 1.82) is 0 Å². The number of hydrogen-bond donors (Lipinski definition) is 0. The molecule has 0 spiro atoms. The first-order valence-electron chi connectivity index (χ1n) is 13.3. The second-order valence-electron chi connectivity index (χ2n) is 10.4. The summed E-state index contributed by atoms with van der Waals surface area (Å²) in [6.45, 7) is 6.66. The SMILES string of the molecule is C[C@@H]1CN(c2ccc(C(F)(F)F)nc2)C[C@H](C)N1CC(=O)N1CC=C(C2=COC=C(C3=CC=CCC3)O2)CC1. The third-order valence-corrected chi connectivity index (χ3v) is 7.60. The molecule has 2 atom stereocenters. The molecule has 1 saturated heterocycles. The van der Waals surface area contributed by atoms with Gasteiger partial charge in [0, 0.05) is 38.3 Å². The zero-order valence-electron chi connectivity index (χ0n) is 22.2. The van der Waals surface area contributed by atoms with Gasteiger partial charge in [-0.05, 0) is 56.4 Å². The smallest absolute Gasteiger partial charge is 0.433 e. The van der Waals surface area contributed by atoms with Crippen LogP contribution in [0.15, 0.2) is 77.8 Å². The molecule has 0 unspecified atom stereocenters. The molecule has 1 aromatic rings. The lowest BCUT2D eigenvalue weighted by atomic mass is 10.0. The van der Waals surface area contributed by atoms with E-state index in [1.807, 2.05) is 41.9 Å². The molecule has 39 heavy (non-hydrogen) atoms. The largest absolute Gasteiger partial charge is 0.465 e. The summed E-state index contributed by atoms with van der Waals surface area (Å²) in [4.78, 5) is 22.9. The highest BCUT2D eigenvalue weighted by Gasteiger charge is 2.35. The number of ether oxygens (including phenoxy) is 2. The van der Waals surface area contributed by atoms with Crippen molar-refractivity contribution in [2.45, 2.75) is 51.4 Å². The zero-order valence-corrected chi connectivity index (χ0v) is 22.2. The first-order chi connectivity index (χ1) is 18.7. The Morgan fingerprint density at radius 2 is 1.82 bits per heavy atom. The standard InChI is InChI=1S/C29H33F3N4O3/c1-20-15-35(24-8-9-27(33-14-24)29(30,31)32)16-21(2)36(20)17-28(37)34-12-10-23(11-13-34)26-19-38-18-25(39-26)22-6-4-3-5-7-22/h3-4,6,8-10,14,18-21H,5,7,11-13,15-17H2,1-2H3/t20-,21+. The minimum absolute atomic E-state index is 0.0444. The molecule has 4 aliphatic rings. The summed E-state index contributed by atoms with van der Waals surface area (Å²) in [7, 11) is 0. The van der Waals surface area contributed by atoms with Gasteiger partial charge in [0.2, 0.25) is 5.91 Å². The molecule has 3 aliphatic heterocycles. The van der Waals surface area contributed by atoms with Crippen LogP contribution >= 0.6 is 0 Å². The van der Waals surface area contributed by atoms with Crippen molar-refractivity contribution in [3.63, 3.8) is 0 Å². The number of anilines is 1. The molecular weight excluding hydrogens is 509 g/mol. The minimum Gasteiger partial charge on any atom is -0.465 e. The van der Waals surface area contributed by atoms with Gasteiger partial charge in [0.25, 0.3) is 0 Å². The van der Waals surface area contributed by atoms with Crippen molar-refractivity contribution < 1.29 is 27.4 Å². The molecule has 0 aromatic carbocycles. The van der Waals surface area contributed by atoms with Crippen LogP contribution in [0.5, 0.6) is 0 Å². The van der Waals surface area contributed by atoms with E-state index in [0.29, 0.717) is 50.6 Å². The number of hydrogen-bond acceptors (Lipinski definition) is 6. The van der Waals surface area contributed by atoms with Gasteiger partial charge in [0.15, 0.2) is 11.5 Å². The highest BCUT2D eigenvalue weighted by atomic mass is 19.4.